The summed E-state index contributed by atoms with van der Waals surface area (Å²) in [7, 11) is -4.34. The smallest absolute Gasteiger partial charge is 0.267 e. The molecule has 2 rings (SSSR count). The summed E-state index contributed by atoms with van der Waals surface area (Å²) in [5, 5.41) is 9.54. The van der Waals surface area contributed by atoms with Gasteiger partial charge in [0.15, 0.2) is 0 Å². The minimum atomic E-state index is -4.34. The third kappa shape index (κ3) is 3.42. The van der Waals surface area contributed by atoms with E-state index in [4.69, 9.17) is 0 Å². The molecule has 0 spiro atoms. The van der Waals surface area contributed by atoms with E-state index in [0.717, 1.165) is 16.4 Å². The Hall–Kier alpha value is -1.99. The molecule has 0 amide bonds. The quantitative estimate of drug-likeness (QED) is 0.918. The highest BCUT2D eigenvalue weighted by atomic mass is 32.2. The SMILES string of the molecule is C[C@@H](O)CN(c1ccccc1)S(=O)(=O)c1cc(F)ccc1F. The normalized spacial score (nSPS) is 12.9. The van der Waals surface area contributed by atoms with Crippen LogP contribution in [-0.4, -0.2) is 26.2 Å². The molecule has 0 unspecified atom stereocenters. The van der Waals surface area contributed by atoms with E-state index in [2.05, 4.69) is 0 Å². The van der Waals surface area contributed by atoms with E-state index in [-0.39, 0.29) is 12.2 Å². The lowest BCUT2D eigenvalue weighted by Gasteiger charge is -2.25. The number of aliphatic hydroxyl groups is 1. The van der Waals surface area contributed by atoms with Gasteiger partial charge < -0.3 is 5.11 Å². The number of rotatable bonds is 5. The molecule has 0 aliphatic heterocycles. The lowest BCUT2D eigenvalue weighted by atomic mass is 10.3. The predicted octanol–water partition coefficient (Wildman–Crippen LogP) is 2.54. The molecular formula is C15H15F2NO3S. The first-order valence-corrected chi connectivity index (χ1v) is 7.97. The summed E-state index contributed by atoms with van der Waals surface area (Å²) in [6.07, 6.45) is -0.980. The van der Waals surface area contributed by atoms with Crippen LogP contribution >= 0.6 is 0 Å². The van der Waals surface area contributed by atoms with Crippen molar-refractivity contribution in [2.24, 2.45) is 0 Å². The van der Waals surface area contributed by atoms with E-state index in [1.807, 2.05) is 0 Å². The Morgan fingerprint density at radius 2 is 1.77 bits per heavy atom. The van der Waals surface area contributed by atoms with Crippen molar-refractivity contribution >= 4 is 15.7 Å². The summed E-state index contributed by atoms with van der Waals surface area (Å²) in [4.78, 5) is -0.767. The van der Waals surface area contributed by atoms with Crippen LogP contribution in [0.2, 0.25) is 0 Å². The second-order valence-corrected chi connectivity index (χ2v) is 6.63. The molecule has 0 heterocycles. The van der Waals surface area contributed by atoms with E-state index in [9.17, 15) is 22.3 Å². The molecule has 2 aromatic rings. The van der Waals surface area contributed by atoms with Crippen molar-refractivity contribution in [3.05, 3.63) is 60.2 Å². The number of benzene rings is 2. The first-order valence-electron chi connectivity index (χ1n) is 6.53. The van der Waals surface area contributed by atoms with Gasteiger partial charge in [0.25, 0.3) is 10.0 Å². The molecule has 1 N–H and O–H groups in total. The number of nitrogens with zero attached hydrogens (tertiary/aromatic N) is 1. The summed E-state index contributed by atoms with van der Waals surface area (Å²) in [6.45, 7) is 1.13. The Labute approximate surface area is 127 Å². The number of para-hydroxylation sites is 1. The van der Waals surface area contributed by atoms with Crippen LogP contribution in [0.3, 0.4) is 0 Å². The maximum Gasteiger partial charge on any atom is 0.267 e. The topological polar surface area (TPSA) is 57.6 Å². The lowest BCUT2D eigenvalue weighted by Crippen LogP contribution is -2.37. The maximum absolute atomic E-state index is 13.8. The number of sulfonamides is 1. The van der Waals surface area contributed by atoms with Gasteiger partial charge in [0.2, 0.25) is 0 Å². The van der Waals surface area contributed by atoms with E-state index in [1.54, 1.807) is 18.2 Å². The molecule has 22 heavy (non-hydrogen) atoms. The minimum Gasteiger partial charge on any atom is -0.392 e. The van der Waals surface area contributed by atoms with Gasteiger partial charge in [0.05, 0.1) is 18.3 Å². The third-order valence-corrected chi connectivity index (χ3v) is 4.74. The van der Waals surface area contributed by atoms with E-state index in [1.165, 1.54) is 19.1 Å². The van der Waals surface area contributed by atoms with Gasteiger partial charge in [-0.05, 0) is 37.3 Å². The van der Waals surface area contributed by atoms with Gasteiger partial charge in [-0.1, -0.05) is 18.2 Å². The van der Waals surface area contributed by atoms with Gasteiger partial charge in [0, 0.05) is 0 Å². The van der Waals surface area contributed by atoms with Crippen molar-refractivity contribution < 1.29 is 22.3 Å². The van der Waals surface area contributed by atoms with Crippen molar-refractivity contribution in [1.82, 2.24) is 0 Å². The van der Waals surface area contributed by atoms with Gasteiger partial charge in [-0.3, -0.25) is 4.31 Å². The highest BCUT2D eigenvalue weighted by Crippen LogP contribution is 2.26. The summed E-state index contributed by atoms with van der Waals surface area (Å²) in [5.41, 5.74) is 0.257. The zero-order valence-electron chi connectivity index (χ0n) is 11.8. The van der Waals surface area contributed by atoms with Crippen LogP contribution in [0.15, 0.2) is 53.4 Å². The summed E-state index contributed by atoms with van der Waals surface area (Å²) < 4.78 is 53.3. The fourth-order valence-electron chi connectivity index (χ4n) is 1.97. The largest absolute Gasteiger partial charge is 0.392 e. The number of aliphatic hydroxyl groups excluding tert-OH is 1. The molecule has 0 saturated carbocycles. The van der Waals surface area contributed by atoms with E-state index in [0.29, 0.717) is 6.07 Å². The second kappa shape index (κ2) is 6.41. The average molecular weight is 327 g/mol. The fraction of sp³-hybridized carbons (Fsp3) is 0.200. The fourth-order valence-corrected chi connectivity index (χ4v) is 3.59. The molecule has 7 heteroatoms. The molecule has 0 fully saturated rings. The molecule has 0 saturated heterocycles. The number of halogens is 2. The van der Waals surface area contributed by atoms with Crippen LogP contribution in [0.4, 0.5) is 14.5 Å². The van der Waals surface area contributed by atoms with Crippen LogP contribution in [0.5, 0.6) is 0 Å². The van der Waals surface area contributed by atoms with Crippen molar-refractivity contribution in [3.8, 4) is 0 Å². The van der Waals surface area contributed by atoms with Crippen molar-refractivity contribution in [3.63, 3.8) is 0 Å². The summed E-state index contributed by atoms with van der Waals surface area (Å²) >= 11 is 0. The molecule has 4 nitrogen and oxygen atoms in total. The molecule has 0 aliphatic carbocycles. The van der Waals surface area contributed by atoms with Crippen molar-refractivity contribution in [1.29, 1.82) is 0 Å². The summed E-state index contributed by atoms with van der Waals surface area (Å²) in [6, 6.07) is 10.2. The standard InChI is InChI=1S/C15H15F2NO3S/c1-11(19)10-18(13-5-3-2-4-6-13)22(20,21)15-9-12(16)7-8-14(15)17/h2-9,11,19H,10H2,1H3/t11-/m1/s1. The number of hydrogen-bond donors (Lipinski definition) is 1. The van der Waals surface area contributed by atoms with Crippen molar-refractivity contribution in [2.75, 3.05) is 10.8 Å². The van der Waals surface area contributed by atoms with Crippen LogP contribution < -0.4 is 4.31 Å². The lowest BCUT2D eigenvalue weighted by molar-refractivity contribution is 0.204. The molecule has 0 aromatic heterocycles. The molecule has 0 aliphatic rings. The Morgan fingerprint density at radius 3 is 2.36 bits per heavy atom. The zero-order chi connectivity index (χ0) is 16.3. The predicted molar refractivity (Wildman–Crippen MR) is 79.0 cm³/mol. The summed E-state index contributed by atoms with van der Waals surface area (Å²) in [5.74, 6) is -1.90. The van der Waals surface area contributed by atoms with Crippen LogP contribution in [0.25, 0.3) is 0 Å². The molecule has 0 radical (unpaired) electrons. The van der Waals surface area contributed by atoms with Gasteiger partial charge >= 0.3 is 0 Å². The maximum atomic E-state index is 13.8. The van der Waals surface area contributed by atoms with Gasteiger partial charge in [-0.2, -0.15) is 0 Å². The second-order valence-electron chi connectivity index (χ2n) is 4.80. The monoisotopic (exact) mass is 327 g/mol. The highest BCUT2D eigenvalue weighted by Gasteiger charge is 2.29. The molecule has 2 aromatic carbocycles. The molecule has 0 bridgehead atoms. The van der Waals surface area contributed by atoms with Crippen LogP contribution in [0, 0.1) is 11.6 Å². The zero-order valence-corrected chi connectivity index (χ0v) is 12.6. The number of anilines is 1. The minimum absolute atomic E-state index is 0.257. The van der Waals surface area contributed by atoms with Crippen LogP contribution in [0.1, 0.15) is 6.92 Å². The Morgan fingerprint density at radius 1 is 1.14 bits per heavy atom. The molecule has 118 valence electrons. The van der Waals surface area contributed by atoms with E-state index >= 15 is 0 Å². The Kier molecular flexibility index (Phi) is 4.77. The average Bonchev–Trinajstić information content (AvgIpc) is 2.47. The highest BCUT2D eigenvalue weighted by molar-refractivity contribution is 7.92. The van der Waals surface area contributed by atoms with Crippen LogP contribution in [-0.2, 0) is 10.0 Å². The van der Waals surface area contributed by atoms with Crippen molar-refractivity contribution in [2.45, 2.75) is 17.9 Å². The van der Waals surface area contributed by atoms with E-state index < -0.39 is 32.7 Å². The number of hydrogen-bond acceptors (Lipinski definition) is 3. The first kappa shape index (κ1) is 16.4. The first-order chi connectivity index (χ1) is 10.3. The third-order valence-electron chi connectivity index (χ3n) is 2.94. The Bertz CT molecular complexity index is 749. The Balaban J connectivity index is 2.57. The van der Waals surface area contributed by atoms with Gasteiger partial charge in [-0.25, -0.2) is 17.2 Å². The molecular weight excluding hydrogens is 312 g/mol. The van der Waals surface area contributed by atoms with Gasteiger partial charge in [-0.15, -0.1) is 0 Å². The molecule has 1 atom stereocenters. The van der Waals surface area contributed by atoms with Gasteiger partial charge in [0.1, 0.15) is 16.5 Å².